The molecule has 0 unspecified atom stereocenters. The minimum atomic E-state index is -1.44. The maximum absolute atomic E-state index is 9.44. The Balaban J connectivity index is 0.000000118. The third kappa shape index (κ3) is 14.6. The molecule has 0 radical (unpaired) electrons. The molecule has 21 rings (SSSR count). The fourth-order valence-corrected chi connectivity index (χ4v) is 16.5. The van der Waals surface area contributed by atoms with Crippen LogP contribution in [0.15, 0.2) is 346 Å². The molecular formula is C100H75B2Cl3N4O4U. The van der Waals surface area contributed by atoms with E-state index in [2.05, 4.69) is 292 Å². The van der Waals surface area contributed by atoms with E-state index in [9.17, 15) is 10.0 Å². The predicted molar refractivity (Wildman–Crippen MR) is 480 cm³/mol. The number of hydrogen-bond acceptors (Lipinski definition) is 7. The number of nitrogens with zero attached hydrogens (tertiary/aromatic N) is 4. The average Bonchev–Trinajstić information content (AvgIpc) is 1.03. The van der Waals surface area contributed by atoms with Crippen LogP contribution in [0.25, 0.3) is 170 Å². The SMILES string of the molecule is C.CC1(C)OB(c2ccc(-c3nc4ccccc4n3-c3ccccc3)cc2)OC1(C)C.Clc1cc(-c2cc3ccccc3c3ccccc23)nc2c1cc(-c1ccc3ccccc3c1)c1ccccc12.Clc1cc(Cl)c2cc(-c3ccc4ccccc4c3)c3ccccc3c2n1.OB(O)c1cc2ccccc2c2ccccc12.[U]. The Labute approximate surface area is 700 Å². The van der Waals surface area contributed by atoms with Crippen molar-refractivity contribution in [3.8, 4) is 50.6 Å². The molecule has 1 saturated heterocycles. The van der Waals surface area contributed by atoms with Crippen molar-refractivity contribution in [3.05, 3.63) is 361 Å². The molecule has 20 aromatic rings. The van der Waals surface area contributed by atoms with Crippen molar-refractivity contribution in [2.45, 2.75) is 46.3 Å². The summed E-state index contributed by atoms with van der Waals surface area (Å²) in [5.74, 6) is 0.919. The molecule has 0 amide bonds. The van der Waals surface area contributed by atoms with Crippen molar-refractivity contribution in [3.63, 3.8) is 0 Å². The van der Waals surface area contributed by atoms with E-state index >= 15 is 0 Å². The smallest absolute Gasteiger partial charge is 0.423 e. The van der Waals surface area contributed by atoms with E-state index in [0.29, 0.717) is 20.7 Å². The third-order valence-corrected chi connectivity index (χ3v) is 22.8. The zero-order valence-electron chi connectivity index (χ0n) is 62.2. The normalized spacial score (nSPS) is 12.9. The van der Waals surface area contributed by atoms with Crippen LogP contribution in [0.1, 0.15) is 35.1 Å². The minimum absolute atomic E-state index is 0. The number of halogens is 3. The van der Waals surface area contributed by atoms with Crippen molar-refractivity contribution in [2.75, 3.05) is 0 Å². The fraction of sp³-hybridized carbons (Fsp3) is 0.0700. The molecule has 550 valence electrons. The number of fused-ring (bicyclic) bond motifs is 15. The largest absolute Gasteiger partial charge is 0.494 e. The summed E-state index contributed by atoms with van der Waals surface area (Å²) in [6.45, 7) is 8.29. The Hall–Kier alpha value is -11.0. The second kappa shape index (κ2) is 32.1. The topological polar surface area (TPSA) is 103 Å². The van der Waals surface area contributed by atoms with Gasteiger partial charge in [-0.25, -0.2) is 15.0 Å². The van der Waals surface area contributed by atoms with Gasteiger partial charge in [-0.3, -0.25) is 4.57 Å². The van der Waals surface area contributed by atoms with Crippen molar-refractivity contribution < 1.29 is 50.5 Å². The standard InChI is InChI=1S/C37H22ClN.C25H25BN2O2.C23H13Cl2N.C14H11BO2.CH4.U/c38-35-22-36(33-20-25-11-3-4-12-27(25)28-13-5-6-14-29(28)33)39-37-31-16-8-7-15-30(31)32(21-34(35)37)26-18-17-23-9-1-2-10-24(23)19-26;1-24(2)25(3,4)30-26(29-24)19-16-14-18(15-17-19)23-27-21-12-8-9-13-22(21)28(23)20-10-6-5-7-11-20;24-21-13-22(25)26-23-18-8-4-3-7-17(18)19(12-20(21)23)16-10-9-14-5-1-2-6-15(14)11-16;16-15(17)14-9-10-5-1-2-6-11(10)12-7-3-4-8-13(12)14;;/h1-22H;5-17H,1-4H3;1-13H;1-9,16-17H;1H4;. The summed E-state index contributed by atoms with van der Waals surface area (Å²) >= 11 is 19.7. The number of pyridine rings is 2. The molecule has 1 aliphatic heterocycles. The summed E-state index contributed by atoms with van der Waals surface area (Å²) in [6, 6.07) is 119. The van der Waals surface area contributed by atoms with E-state index in [1.54, 1.807) is 6.07 Å². The Kier molecular flexibility index (Phi) is 21.7. The van der Waals surface area contributed by atoms with Crippen molar-refractivity contribution >= 4 is 179 Å². The van der Waals surface area contributed by atoms with Gasteiger partial charge < -0.3 is 19.4 Å². The van der Waals surface area contributed by atoms with Gasteiger partial charge in [0.1, 0.15) is 11.0 Å². The van der Waals surface area contributed by atoms with E-state index in [1.807, 2.05) is 84.9 Å². The molecule has 14 heteroatoms. The van der Waals surface area contributed by atoms with Gasteiger partial charge in [-0.15, -0.1) is 0 Å². The van der Waals surface area contributed by atoms with Crippen molar-refractivity contribution in [1.29, 1.82) is 0 Å². The number of aromatic nitrogens is 4. The Bertz CT molecular complexity index is 7070. The second-order valence-electron chi connectivity index (χ2n) is 29.4. The van der Waals surface area contributed by atoms with Gasteiger partial charge in [0.2, 0.25) is 0 Å². The monoisotopic (exact) mass is 1760 g/mol. The van der Waals surface area contributed by atoms with E-state index < -0.39 is 7.12 Å². The molecule has 17 aromatic carbocycles. The van der Waals surface area contributed by atoms with Crippen molar-refractivity contribution in [1.82, 2.24) is 19.5 Å². The first-order valence-corrected chi connectivity index (χ1v) is 38.6. The molecule has 4 heterocycles. The molecule has 0 atom stereocenters. The zero-order valence-corrected chi connectivity index (χ0v) is 68.6. The van der Waals surface area contributed by atoms with E-state index in [0.717, 1.165) is 121 Å². The minimum Gasteiger partial charge on any atom is -0.423 e. The van der Waals surface area contributed by atoms with Gasteiger partial charge in [0, 0.05) is 69.5 Å². The summed E-state index contributed by atoms with van der Waals surface area (Å²) in [5.41, 5.74) is 13.5. The van der Waals surface area contributed by atoms with Crippen LogP contribution in [0.5, 0.6) is 0 Å². The first-order chi connectivity index (χ1) is 54.6. The van der Waals surface area contributed by atoms with Crippen LogP contribution in [0.3, 0.4) is 0 Å². The molecule has 0 saturated carbocycles. The van der Waals surface area contributed by atoms with Gasteiger partial charge in [0.15, 0.2) is 0 Å². The third-order valence-electron chi connectivity index (χ3n) is 22.0. The molecule has 1 fully saturated rings. The first kappa shape index (κ1) is 77.0. The molecule has 0 aliphatic carbocycles. The number of imidazole rings is 1. The summed E-state index contributed by atoms with van der Waals surface area (Å²) in [5, 5.41) is 40.8. The zero-order chi connectivity index (χ0) is 76.4. The van der Waals surface area contributed by atoms with Crippen molar-refractivity contribution in [2.24, 2.45) is 0 Å². The quantitative estimate of drug-likeness (QED) is 0.0931. The Morgan fingerprint density at radius 1 is 0.342 bits per heavy atom. The molecule has 3 aromatic heterocycles. The molecule has 114 heavy (non-hydrogen) atoms. The second-order valence-corrected chi connectivity index (χ2v) is 30.6. The molecule has 1 aliphatic rings. The van der Waals surface area contributed by atoms with E-state index in [1.165, 1.54) is 54.0 Å². The van der Waals surface area contributed by atoms with Gasteiger partial charge in [0.25, 0.3) is 0 Å². The maximum atomic E-state index is 9.44. The number of para-hydroxylation sites is 3. The van der Waals surface area contributed by atoms with Crippen LogP contribution in [-0.4, -0.2) is 55.0 Å². The molecule has 2 N–H and O–H groups in total. The van der Waals surface area contributed by atoms with E-state index in [4.69, 9.17) is 54.1 Å². The summed E-state index contributed by atoms with van der Waals surface area (Å²) < 4.78 is 14.6. The Morgan fingerprint density at radius 2 is 0.754 bits per heavy atom. The van der Waals surface area contributed by atoms with Crippen LogP contribution in [0.2, 0.25) is 15.2 Å². The number of rotatable bonds is 7. The van der Waals surface area contributed by atoms with Gasteiger partial charge >= 0.3 is 14.2 Å². The maximum Gasteiger partial charge on any atom is 0.494 e. The van der Waals surface area contributed by atoms with Crippen LogP contribution in [0, 0.1) is 31.1 Å². The molecule has 8 nitrogen and oxygen atoms in total. The molecule has 0 bridgehead atoms. The molecular weight excluding hydrogens is 1690 g/mol. The first-order valence-electron chi connectivity index (χ1n) is 37.4. The van der Waals surface area contributed by atoms with Crippen LogP contribution in [-0.2, 0) is 9.31 Å². The van der Waals surface area contributed by atoms with Crippen LogP contribution >= 0.6 is 34.8 Å². The fourth-order valence-electron chi connectivity index (χ4n) is 15.7. The van der Waals surface area contributed by atoms with Crippen LogP contribution < -0.4 is 10.9 Å². The molecule has 0 spiro atoms. The summed E-state index contributed by atoms with van der Waals surface area (Å²) in [4.78, 5) is 14.8. The summed E-state index contributed by atoms with van der Waals surface area (Å²) in [7, 11) is -1.80. The average molecular weight is 1760 g/mol. The van der Waals surface area contributed by atoms with E-state index in [-0.39, 0.29) is 56.9 Å². The predicted octanol–water partition coefficient (Wildman–Crippen LogP) is 25.7. The van der Waals surface area contributed by atoms with Gasteiger partial charge in [-0.05, 0) is 203 Å². The summed E-state index contributed by atoms with van der Waals surface area (Å²) in [6.07, 6.45) is 0. The van der Waals surface area contributed by atoms with Gasteiger partial charge in [-0.2, -0.15) is 0 Å². The van der Waals surface area contributed by atoms with Crippen LogP contribution in [0.4, 0.5) is 0 Å². The Morgan fingerprint density at radius 3 is 1.30 bits per heavy atom. The van der Waals surface area contributed by atoms with Gasteiger partial charge in [-0.1, -0.05) is 321 Å². The number of benzene rings is 17. The number of hydrogen-bond donors (Lipinski definition) is 2. The van der Waals surface area contributed by atoms with Gasteiger partial charge in [0.05, 0.1) is 49.0 Å².